The number of aromatic nitrogens is 2. The molecule has 2 aliphatic rings. The number of nitrogens with one attached hydrogen (secondary N) is 1. The molecule has 146 valence electrons. The van der Waals surface area contributed by atoms with Crippen molar-refractivity contribution in [2.45, 2.75) is 25.5 Å². The number of ether oxygens (including phenoxy) is 1. The Morgan fingerprint density at radius 3 is 2.96 bits per heavy atom. The largest absolute Gasteiger partial charge is 0.377 e. The number of methoxy groups -OCH3 is 1. The molecule has 1 aromatic carbocycles. The second-order valence-electron chi connectivity index (χ2n) is 6.58. The first-order valence-electron chi connectivity index (χ1n) is 8.91. The lowest BCUT2D eigenvalue weighted by molar-refractivity contribution is -0.124. The predicted octanol–water partition coefficient (Wildman–Crippen LogP) is 1.27. The molecule has 28 heavy (non-hydrogen) atoms. The van der Waals surface area contributed by atoms with Crippen molar-refractivity contribution in [2.24, 2.45) is 0 Å². The first-order valence-corrected chi connectivity index (χ1v) is 9.72. The molecular formula is C18H19N5O4S. The summed E-state index contributed by atoms with van der Waals surface area (Å²) in [7, 11) is 1.55. The first kappa shape index (κ1) is 18.5. The third-order valence-electron chi connectivity index (χ3n) is 4.77. The van der Waals surface area contributed by atoms with Crippen LogP contribution >= 0.6 is 11.3 Å². The number of hydrogen-bond donors (Lipinski definition) is 1. The number of nitrogens with zero attached hydrogens (tertiary/aromatic N) is 4. The quantitative estimate of drug-likeness (QED) is 0.809. The number of carbonyl (C=O) groups excluding carboxylic acids is 3. The molecule has 0 radical (unpaired) electrons. The number of fused-ring (bicyclic) bond motifs is 2. The van der Waals surface area contributed by atoms with Crippen molar-refractivity contribution in [1.29, 1.82) is 0 Å². The smallest absolute Gasteiger partial charge is 0.256 e. The second-order valence-corrected chi connectivity index (χ2v) is 7.64. The minimum absolute atomic E-state index is 0.164. The van der Waals surface area contributed by atoms with E-state index in [-0.39, 0.29) is 18.4 Å². The summed E-state index contributed by atoms with van der Waals surface area (Å²) < 4.78 is 4.99. The number of amides is 3. The Morgan fingerprint density at radius 1 is 1.32 bits per heavy atom. The van der Waals surface area contributed by atoms with E-state index >= 15 is 0 Å². The van der Waals surface area contributed by atoms with Crippen molar-refractivity contribution in [3.05, 3.63) is 34.8 Å². The van der Waals surface area contributed by atoms with Gasteiger partial charge in [0.25, 0.3) is 5.91 Å². The van der Waals surface area contributed by atoms with Crippen molar-refractivity contribution in [3.8, 4) is 0 Å². The molecule has 4 rings (SSSR count). The molecule has 2 aromatic rings. The number of carbonyl (C=O) groups is 3. The Kier molecular flexibility index (Phi) is 5.05. The van der Waals surface area contributed by atoms with E-state index in [0.717, 1.165) is 6.42 Å². The van der Waals surface area contributed by atoms with Gasteiger partial charge in [0.15, 0.2) is 0 Å². The highest BCUT2D eigenvalue weighted by Crippen LogP contribution is 2.32. The molecule has 0 saturated carbocycles. The summed E-state index contributed by atoms with van der Waals surface area (Å²) in [4.78, 5) is 41.6. The fraction of sp³-hybridized carbons (Fsp3) is 0.389. The van der Waals surface area contributed by atoms with E-state index < -0.39 is 11.9 Å². The van der Waals surface area contributed by atoms with Crippen molar-refractivity contribution in [1.82, 2.24) is 15.1 Å². The number of benzene rings is 1. The Balaban J connectivity index is 1.58. The molecule has 10 heteroatoms. The molecule has 1 atom stereocenters. The Hall–Kier alpha value is -2.85. The van der Waals surface area contributed by atoms with Crippen molar-refractivity contribution in [2.75, 3.05) is 30.4 Å². The van der Waals surface area contributed by atoms with Gasteiger partial charge in [-0.3, -0.25) is 19.7 Å². The monoisotopic (exact) mass is 401 g/mol. The summed E-state index contributed by atoms with van der Waals surface area (Å²) in [5.74, 6) is -0.798. The Morgan fingerprint density at radius 2 is 2.14 bits per heavy atom. The maximum atomic E-state index is 13.1. The summed E-state index contributed by atoms with van der Waals surface area (Å²) in [5.41, 5.74) is 0.894. The van der Waals surface area contributed by atoms with E-state index in [0.29, 0.717) is 41.0 Å². The van der Waals surface area contributed by atoms with Gasteiger partial charge >= 0.3 is 0 Å². The van der Waals surface area contributed by atoms with Crippen LogP contribution in [0.4, 0.5) is 10.8 Å². The lowest BCUT2D eigenvalue weighted by atomic mass is 10.1. The molecule has 9 nitrogen and oxygen atoms in total. The number of para-hydroxylation sites is 1. The highest BCUT2D eigenvalue weighted by atomic mass is 32.1. The Labute approximate surface area is 165 Å². The molecule has 1 N–H and O–H groups in total. The minimum atomic E-state index is -0.525. The number of rotatable bonds is 5. The van der Waals surface area contributed by atoms with Gasteiger partial charge in [0.2, 0.25) is 16.9 Å². The SMILES string of the molecule is COCc1nnc(NC(=O)CN2C(=O)[C@H]3CCCN3C(=O)c3ccccc32)s1. The van der Waals surface area contributed by atoms with E-state index in [2.05, 4.69) is 15.5 Å². The summed E-state index contributed by atoms with van der Waals surface area (Å²) >= 11 is 1.21. The van der Waals surface area contributed by atoms with E-state index in [4.69, 9.17) is 4.74 Å². The van der Waals surface area contributed by atoms with Crippen LogP contribution in [0.2, 0.25) is 0 Å². The van der Waals surface area contributed by atoms with E-state index in [1.165, 1.54) is 16.2 Å². The standard InChI is InChI=1S/C18H19N5O4S/c1-27-10-15-20-21-18(28-15)19-14(24)9-23-12-6-3-2-5-11(12)16(25)22-8-4-7-13(22)17(23)26/h2-3,5-6,13H,4,7-10H2,1H3,(H,19,21,24)/t13-/m1/s1. The molecule has 0 spiro atoms. The molecular weight excluding hydrogens is 382 g/mol. The Bertz CT molecular complexity index is 930. The molecule has 0 unspecified atom stereocenters. The van der Waals surface area contributed by atoms with Crippen LogP contribution in [0, 0.1) is 0 Å². The van der Waals surface area contributed by atoms with Crippen molar-refractivity contribution >= 4 is 39.9 Å². The average molecular weight is 401 g/mol. The van der Waals surface area contributed by atoms with Gasteiger partial charge in [-0.05, 0) is 25.0 Å². The van der Waals surface area contributed by atoms with Crippen LogP contribution < -0.4 is 10.2 Å². The second kappa shape index (κ2) is 7.64. The van der Waals surface area contributed by atoms with Crippen LogP contribution in [0.1, 0.15) is 28.2 Å². The summed E-state index contributed by atoms with van der Waals surface area (Å²) in [6.07, 6.45) is 1.38. The van der Waals surface area contributed by atoms with Crippen molar-refractivity contribution in [3.63, 3.8) is 0 Å². The zero-order valence-electron chi connectivity index (χ0n) is 15.3. The van der Waals surface area contributed by atoms with Crippen LogP contribution in [0.5, 0.6) is 0 Å². The summed E-state index contributed by atoms with van der Waals surface area (Å²) in [6.45, 7) is 0.661. The van der Waals surface area contributed by atoms with Gasteiger partial charge in [-0.25, -0.2) is 0 Å². The van der Waals surface area contributed by atoms with Gasteiger partial charge in [-0.2, -0.15) is 0 Å². The third kappa shape index (κ3) is 3.36. The van der Waals surface area contributed by atoms with Crippen LogP contribution in [-0.4, -0.2) is 59.1 Å². The fourth-order valence-electron chi connectivity index (χ4n) is 3.56. The average Bonchev–Trinajstić information content (AvgIpc) is 3.33. The van der Waals surface area contributed by atoms with E-state index in [9.17, 15) is 14.4 Å². The van der Waals surface area contributed by atoms with E-state index in [1.807, 2.05) is 0 Å². The predicted molar refractivity (Wildman–Crippen MR) is 102 cm³/mol. The number of anilines is 2. The highest BCUT2D eigenvalue weighted by molar-refractivity contribution is 7.15. The summed E-state index contributed by atoms with van der Waals surface area (Å²) in [5, 5.41) is 11.5. The molecule has 3 heterocycles. The van der Waals surface area contributed by atoms with Gasteiger partial charge in [0.05, 0.1) is 11.3 Å². The molecule has 1 aromatic heterocycles. The van der Waals surface area contributed by atoms with Gasteiger partial charge < -0.3 is 14.5 Å². The van der Waals surface area contributed by atoms with Crippen molar-refractivity contribution < 1.29 is 19.1 Å². The van der Waals surface area contributed by atoms with Gasteiger partial charge in [0.1, 0.15) is 24.2 Å². The number of hydrogen-bond acceptors (Lipinski definition) is 7. The van der Waals surface area contributed by atoms with E-state index in [1.54, 1.807) is 36.3 Å². The lowest BCUT2D eigenvalue weighted by Gasteiger charge is -2.25. The van der Waals surface area contributed by atoms with Crippen LogP contribution in [0.25, 0.3) is 0 Å². The van der Waals surface area contributed by atoms with Gasteiger partial charge in [0, 0.05) is 13.7 Å². The fourth-order valence-corrected chi connectivity index (χ4v) is 4.29. The topological polar surface area (TPSA) is 105 Å². The normalized spacial score (nSPS) is 18.7. The molecule has 0 aliphatic carbocycles. The third-order valence-corrected chi connectivity index (χ3v) is 5.58. The minimum Gasteiger partial charge on any atom is -0.377 e. The zero-order chi connectivity index (χ0) is 19.7. The molecule has 3 amide bonds. The van der Waals surface area contributed by atoms with Crippen LogP contribution in [0.3, 0.4) is 0 Å². The molecule has 1 fully saturated rings. The van der Waals surface area contributed by atoms with Crippen LogP contribution in [-0.2, 0) is 20.9 Å². The van der Waals surface area contributed by atoms with Crippen LogP contribution in [0.15, 0.2) is 24.3 Å². The summed E-state index contributed by atoms with van der Waals surface area (Å²) in [6, 6.07) is 6.37. The molecule has 1 saturated heterocycles. The highest BCUT2D eigenvalue weighted by Gasteiger charge is 2.42. The zero-order valence-corrected chi connectivity index (χ0v) is 16.1. The van der Waals surface area contributed by atoms with Gasteiger partial charge in [-0.1, -0.05) is 23.5 Å². The first-order chi connectivity index (χ1) is 13.6. The maximum Gasteiger partial charge on any atom is 0.256 e. The maximum absolute atomic E-state index is 13.1. The molecule has 0 bridgehead atoms. The molecule has 2 aliphatic heterocycles. The lowest BCUT2D eigenvalue weighted by Crippen LogP contribution is -2.47. The van der Waals surface area contributed by atoms with Gasteiger partial charge in [-0.15, -0.1) is 10.2 Å².